The predicted molar refractivity (Wildman–Crippen MR) is 121 cm³/mol. The lowest BCUT2D eigenvalue weighted by atomic mass is 9.97. The number of carboxylic acid groups (broad SMARTS) is 1. The Morgan fingerprint density at radius 3 is 2.57 bits per heavy atom. The lowest BCUT2D eigenvalue weighted by molar-refractivity contribution is -0.143. The normalized spacial score (nSPS) is 15.3. The summed E-state index contributed by atoms with van der Waals surface area (Å²) in [4.78, 5) is 25.9. The zero-order valence-corrected chi connectivity index (χ0v) is 18.7. The number of hydrogen-bond donors (Lipinski definition) is 3. The van der Waals surface area contributed by atoms with Crippen molar-refractivity contribution in [3.8, 4) is 5.69 Å². The molecule has 2 aromatic rings. The molecule has 160 valence electrons. The predicted octanol–water partition coefficient (Wildman–Crippen LogP) is 3.18. The van der Waals surface area contributed by atoms with Crippen LogP contribution in [0.1, 0.15) is 31.0 Å². The molecule has 30 heavy (non-hydrogen) atoms. The number of carbonyl (C=O) groups is 1. The van der Waals surface area contributed by atoms with E-state index >= 15 is 0 Å². The highest BCUT2D eigenvalue weighted by atomic mass is 35.5. The summed E-state index contributed by atoms with van der Waals surface area (Å²) in [6, 6.07) is 4.91. The van der Waals surface area contributed by atoms with Gasteiger partial charge in [-0.2, -0.15) is 5.10 Å². The van der Waals surface area contributed by atoms with Crippen LogP contribution in [0.2, 0.25) is 10.0 Å². The van der Waals surface area contributed by atoms with Crippen molar-refractivity contribution in [2.75, 3.05) is 13.1 Å². The molecule has 1 aliphatic rings. The molecule has 2 heterocycles. The molecule has 0 spiro atoms. The number of carboxylic acids is 1. The number of nitrogens with zero attached hydrogens (tertiary/aromatic N) is 3. The molecule has 1 saturated heterocycles. The van der Waals surface area contributed by atoms with E-state index in [4.69, 9.17) is 40.5 Å². The monoisotopic (exact) mass is 469 g/mol. The van der Waals surface area contributed by atoms with Gasteiger partial charge in [0.15, 0.2) is 5.11 Å². The van der Waals surface area contributed by atoms with Gasteiger partial charge < -0.3 is 10.0 Å². The Morgan fingerprint density at radius 2 is 1.97 bits per heavy atom. The fraction of sp³-hybridized carbons (Fsp3) is 0.368. The third-order valence-electron chi connectivity index (χ3n) is 5.05. The van der Waals surface area contributed by atoms with Crippen LogP contribution >= 0.6 is 35.4 Å². The van der Waals surface area contributed by atoms with Crippen molar-refractivity contribution < 1.29 is 9.90 Å². The summed E-state index contributed by atoms with van der Waals surface area (Å²) in [5.74, 6) is -1.11. The SMILES string of the molecule is C/C(=N/NC(=S)N1CCC(C(=O)O)CC1)c1c(C)[nH]n(-c2ccc(Cl)c(Cl)c2)c1=O. The number of aromatic amines is 1. The second-order valence-corrected chi connectivity index (χ2v) is 8.27. The van der Waals surface area contributed by atoms with Crippen LogP contribution in [0.4, 0.5) is 0 Å². The van der Waals surface area contributed by atoms with Crippen molar-refractivity contribution in [2.45, 2.75) is 26.7 Å². The minimum Gasteiger partial charge on any atom is -0.481 e. The van der Waals surface area contributed by atoms with Gasteiger partial charge in [0.1, 0.15) is 0 Å². The van der Waals surface area contributed by atoms with Gasteiger partial charge in [-0.1, -0.05) is 23.2 Å². The average Bonchev–Trinajstić information content (AvgIpc) is 3.02. The number of piperidine rings is 1. The number of H-pyrrole nitrogens is 1. The van der Waals surface area contributed by atoms with Gasteiger partial charge in [0.25, 0.3) is 5.56 Å². The third-order valence-corrected chi connectivity index (χ3v) is 6.13. The summed E-state index contributed by atoms with van der Waals surface area (Å²) in [5, 5.41) is 17.5. The summed E-state index contributed by atoms with van der Waals surface area (Å²) in [5.41, 5.74) is 4.62. The molecule has 1 aliphatic heterocycles. The first-order valence-electron chi connectivity index (χ1n) is 9.28. The highest BCUT2D eigenvalue weighted by Gasteiger charge is 2.25. The molecule has 0 bridgehead atoms. The number of nitrogens with one attached hydrogen (secondary N) is 2. The van der Waals surface area contributed by atoms with Crippen LogP contribution in [0, 0.1) is 12.8 Å². The van der Waals surface area contributed by atoms with Crippen LogP contribution in [0.25, 0.3) is 5.69 Å². The minimum absolute atomic E-state index is 0.276. The number of halogens is 2. The van der Waals surface area contributed by atoms with Crippen LogP contribution in [0.15, 0.2) is 28.1 Å². The second kappa shape index (κ2) is 9.20. The van der Waals surface area contributed by atoms with Crippen LogP contribution in [0.5, 0.6) is 0 Å². The molecule has 0 unspecified atom stereocenters. The first-order valence-corrected chi connectivity index (χ1v) is 10.4. The molecule has 1 aromatic carbocycles. The van der Waals surface area contributed by atoms with Crippen molar-refractivity contribution in [3.05, 3.63) is 49.9 Å². The van der Waals surface area contributed by atoms with E-state index in [2.05, 4.69) is 15.6 Å². The van der Waals surface area contributed by atoms with Crippen LogP contribution in [-0.4, -0.2) is 49.7 Å². The molecule has 3 N–H and O–H groups in total. The molecule has 8 nitrogen and oxygen atoms in total. The summed E-state index contributed by atoms with van der Waals surface area (Å²) < 4.78 is 1.38. The summed E-state index contributed by atoms with van der Waals surface area (Å²) >= 11 is 17.4. The Labute approximate surface area is 188 Å². The smallest absolute Gasteiger partial charge is 0.306 e. The Balaban J connectivity index is 1.74. The van der Waals surface area contributed by atoms with E-state index < -0.39 is 5.97 Å². The quantitative estimate of drug-likeness (QED) is 0.361. The van der Waals surface area contributed by atoms with E-state index in [1.807, 2.05) is 4.90 Å². The molecule has 0 radical (unpaired) electrons. The number of aryl methyl sites for hydroxylation is 1. The Morgan fingerprint density at radius 1 is 1.30 bits per heavy atom. The fourth-order valence-electron chi connectivity index (χ4n) is 3.37. The van der Waals surface area contributed by atoms with Crippen molar-refractivity contribution in [3.63, 3.8) is 0 Å². The molecular weight excluding hydrogens is 449 g/mol. The molecule has 0 saturated carbocycles. The van der Waals surface area contributed by atoms with Crippen molar-refractivity contribution in [2.24, 2.45) is 11.0 Å². The number of benzene rings is 1. The number of likely N-dealkylation sites (tertiary alicyclic amines) is 1. The maximum absolute atomic E-state index is 12.9. The molecule has 11 heteroatoms. The van der Waals surface area contributed by atoms with E-state index in [0.717, 1.165) is 0 Å². The topological polar surface area (TPSA) is 103 Å². The number of hydrogen-bond acceptors (Lipinski definition) is 4. The second-order valence-electron chi connectivity index (χ2n) is 7.06. The molecule has 0 amide bonds. The van der Waals surface area contributed by atoms with Crippen molar-refractivity contribution in [1.29, 1.82) is 0 Å². The highest BCUT2D eigenvalue weighted by Crippen LogP contribution is 2.24. The van der Waals surface area contributed by atoms with E-state index in [9.17, 15) is 9.59 Å². The van der Waals surface area contributed by atoms with E-state index in [1.165, 1.54) is 4.68 Å². The lowest BCUT2D eigenvalue weighted by Gasteiger charge is -2.31. The van der Waals surface area contributed by atoms with Crippen LogP contribution in [0.3, 0.4) is 0 Å². The zero-order valence-electron chi connectivity index (χ0n) is 16.4. The Hall–Kier alpha value is -2.36. The van der Waals surface area contributed by atoms with Gasteiger partial charge in [0, 0.05) is 18.8 Å². The number of aromatic nitrogens is 2. The van der Waals surface area contributed by atoms with E-state index in [0.29, 0.717) is 63.7 Å². The van der Waals surface area contributed by atoms with Gasteiger partial charge in [0.2, 0.25) is 0 Å². The first kappa shape index (κ1) is 22.3. The third kappa shape index (κ3) is 4.69. The molecule has 0 aliphatic carbocycles. The van der Waals surface area contributed by atoms with E-state index in [-0.39, 0.29) is 11.5 Å². The first-order chi connectivity index (χ1) is 14.2. The van der Waals surface area contributed by atoms with E-state index in [1.54, 1.807) is 32.0 Å². The van der Waals surface area contributed by atoms with Gasteiger partial charge in [0.05, 0.1) is 32.9 Å². The van der Waals surface area contributed by atoms with Crippen LogP contribution in [-0.2, 0) is 4.79 Å². The number of hydrazone groups is 1. The maximum atomic E-state index is 12.9. The van der Waals surface area contributed by atoms with Crippen LogP contribution < -0.4 is 11.0 Å². The largest absolute Gasteiger partial charge is 0.481 e. The van der Waals surface area contributed by atoms with Gasteiger partial charge in [-0.3, -0.25) is 20.1 Å². The average molecular weight is 470 g/mol. The zero-order chi connectivity index (χ0) is 22.0. The summed E-state index contributed by atoms with van der Waals surface area (Å²) in [6.07, 6.45) is 1.07. The van der Waals surface area contributed by atoms with Crippen molar-refractivity contribution in [1.82, 2.24) is 20.1 Å². The molecular formula is C19H21Cl2N5O3S. The maximum Gasteiger partial charge on any atom is 0.306 e. The fourth-order valence-corrected chi connectivity index (χ4v) is 3.89. The van der Waals surface area contributed by atoms with Gasteiger partial charge in [-0.25, -0.2) is 4.68 Å². The van der Waals surface area contributed by atoms with Crippen molar-refractivity contribution >= 4 is 52.2 Å². The number of thiocarbonyl (C=S) groups is 1. The molecule has 1 aromatic heterocycles. The minimum atomic E-state index is -0.774. The highest BCUT2D eigenvalue weighted by molar-refractivity contribution is 7.80. The summed E-state index contributed by atoms with van der Waals surface area (Å²) in [6.45, 7) is 4.58. The van der Waals surface area contributed by atoms with Gasteiger partial charge in [-0.15, -0.1) is 0 Å². The van der Waals surface area contributed by atoms with Gasteiger partial charge in [-0.05, 0) is 57.1 Å². The Kier molecular flexibility index (Phi) is 6.84. The summed E-state index contributed by atoms with van der Waals surface area (Å²) in [7, 11) is 0. The van der Waals surface area contributed by atoms with Gasteiger partial charge >= 0.3 is 5.97 Å². The Bertz CT molecular complexity index is 1070. The number of aliphatic carboxylic acids is 1. The molecule has 3 rings (SSSR count). The molecule has 1 fully saturated rings. The standard InChI is InChI=1S/C19H21Cl2N5O3S/c1-10(22-23-19(30)25-7-5-12(6-8-25)18(28)29)16-11(2)24-26(17(16)27)13-3-4-14(20)15(21)9-13/h3-4,9,12,24H,5-8H2,1-2H3,(H,23,30)(H,28,29)/b22-10-. The molecule has 0 atom stereocenters. The lowest BCUT2D eigenvalue weighted by Crippen LogP contribution is -2.44. The number of rotatable bonds is 4.